The van der Waals surface area contributed by atoms with E-state index in [0.717, 1.165) is 10.9 Å². The number of aryl methyl sites for hydroxylation is 1. The van der Waals surface area contributed by atoms with Crippen LogP contribution in [0.4, 0.5) is 10.1 Å². The van der Waals surface area contributed by atoms with E-state index in [1.54, 1.807) is 18.3 Å². The van der Waals surface area contributed by atoms with Crippen LogP contribution in [0.2, 0.25) is 5.02 Å². The van der Waals surface area contributed by atoms with Gasteiger partial charge in [0, 0.05) is 38.0 Å². The van der Waals surface area contributed by atoms with Gasteiger partial charge in [0.25, 0.3) is 0 Å². The number of piperazine rings is 1. The van der Waals surface area contributed by atoms with E-state index in [-0.39, 0.29) is 11.7 Å². The smallest absolute Gasteiger partial charge is 0.224 e. The molecule has 0 N–H and O–H groups in total. The lowest BCUT2D eigenvalue weighted by molar-refractivity contribution is -0.131. The molecule has 1 aromatic heterocycles. The number of rotatable bonds is 4. The Labute approximate surface area is 161 Å². The van der Waals surface area contributed by atoms with Crippen molar-refractivity contribution in [1.29, 1.82) is 0 Å². The standard InChI is InChI=1S/C20H20ClFN4O/c21-16-4-3-7-18-15(16)14-23-26(18)9-8-20(27)25-12-10-24(11-13-25)19-6-2-1-5-17(19)22/h1-7,14H,8-13H2. The Morgan fingerprint density at radius 1 is 1.07 bits per heavy atom. The maximum atomic E-state index is 13.9. The average Bonchev–Trinajstić information content (AvgIpc) is 3.11. The number of aromatic nitrogens is 2. The molecule has 5 nitrogen and oxygen atoms in total. The molecule has 1 fully saturated rings. The number of nitrogens with zero attached hydrogens (tertiary/aromatic N) is 4. The number of halogens is 2. The number of carbonyl (C=O) groups excluding carboxylic acids is 1. The maximum Gasteiger partial charge on any atom is 0.224 e. The van der Waals surface area contributed by atoms with Gasteiger partial charge < -0.3 is 9.80 Å². The molecule has 7 heteroatoms. The maximum absolute atomic E-state index is 13.9. The van der Waals surface area contributed by atoms with E-state index in [9.17, 15) is 9.18 Å². The molecular formula is C20H20ClFN4O. The third kappa shape index (κ3) is 3.62. The highest BCUT2D eigenvalue weighted by Crippen LogP contribution is 2.23. The summed E-state index contributed by atoms with van der Waals surface area (Å²) in [7, 11) is 0. The largest absolute Gasteiger partial charge is 0.366 e. The van der Waals surface area contributed by atoms with Crippen LogP contribution in [-0.4, -0.2) is 46.8 Å². The van der Waals surface area contributed by atoms with Crippen molar-refractivity contribution in [3.05, 3.63) is 59.5 Å². The highest BCUT2D eigenvalue weighted by atomic mass is 35.5. The quantitative estimate of drug-likeness (QED) is 0.688. The fraction of sp³-hybridized carbons (Fsp3) is 0.300. The van der Waals surface area contributed by atoms with Gasteiger partial charge in [0.05, 0.1) is 29.0 Å². The van der Waals surface area contributed by atoms with Crippen molar-refractivity contribution in [2.24, 2.45) is 0 Å². The molecule has 0 atom stereocenters. The van der Waals surface area contributed by atoms with E-state index >= 15 is 0 Å². The molecule has 0 spiro atoms. The van der Waals surface area contributed by atoms with Crippen LogP contribution < -0.4 is 4.90 Å². The third-order valence-electron chi connectivity index (χ3n) is 5.00. The normalized spacial score (nSPS) is 14.7. The summed E-state index contributed by atoms with van der Waals surface area (Å²) in [6, 6.07) is 12.4. The van der Waals surface area contributed by atoms with Crippen LogP contribution in [0.25, 0.3) is 10.9 Å². The lowest BCUT2D eigenvalue weighted by Gasteiger charge is -2.36. The Morgan fingerprint density at radius 3 is 2.63 bits per heavy atom. The van der Waals surface area contributed by atoms with E-state index in [2.05, 4.69) is 5.10 Å². The SMILES string of the molecule is O=C(CCn1ncc2c(Cl)cccc21)N1CCN(c2ccccc2F)CC1. The van der Waals surface area contributed by atoms with Gasteiger partial charge in [-0.05, 0) is 24.3 Å². The second-order valence-corrected chi connectivity index (χ2v) is 7.02. The molecule has 3 aromatic rings. The van der Waals surface area contributed by atoms with E-state index in [0.29, 0.717) is 49.9 Å². The van der Waals surface area contributed by atoms with Gasteiger partial charge in [0.1, 0.15) is 5.82 Å². The highest BCUT2D eigenvalue weighted by molar-refractivity contribution is 6.35. The van der Waals surface area contributed by atoms with Crippen molar-refractivity contribution in [1.82, 2.24) is 14.7 Å². The Balaban J connectivity index is 1.34. The number of hydrogen-bond donors (Lipinski definition) is 0. The Bertz CT molecular complexity index is 966. The topological polar surface area (TPSA) is 41.4 Å². The molecule has 0 aliphatic carbocycles. The van der Waals surface area contributed by atoms with Crippen LogP contribution in [0.1, 0.15) is 6.42 Å². The second kappa shape index (κ2) is 7.56. The molecule has 27 heavy (non-hydrogen) atoms. The summed E-state index contributed by atoms with van der Waals surface area (Å²) in [4.78, 5) is 16.4. The lowest BCUT2D eigenvalue weighted by Crippen LogP contribution is -2.49. The molecule has 0 unspecified atom stereocenters. The van der Waals surface area contributed by atoms with Gasteiger partial charge in [-0.2, -0.15) is 5.10 Å². The van der Waals surface area contributed by atoms with E-state index < -0.39 is 0 Å². The van der Waals surface area contributed by atoms with Gasteiger partial charge in [0.15, 0.2) is 0 Å². The van der Waals surface area contributed by atoms with Crippen LogP contribution in [0.3, 0.4) is 0 Å². The molecule has 1 amide bonds. The minimum absolute atomic E-state index is 0.0915. The van der Waals surface area contributed by atoms with Crippen molar-refractivity contribution in [2.45, 2.75) is 13.0 Å². The molecule has 0 radical (unpaired) electrons. The van der Waals surface area contributed by atoms with Gasteiger partial charge in [-0.3, -0.25) is 9.48 Å². The minimum atomic E-state index is -0.221. The number of fused-ring (bicyclic) bond motifs is 1. The fourth-order valence-electron chi connectivity index (χ4n) is 3.51. The summed E-state index contributed by atoms with van der Waals surface area (Å²) in [5, 5.41) is 5.90. The molecule has 1 aliphatic rings. The molecule has 1 aliphatic heterocycles. The number of amides is 1. The summed E-state index contributed by atoms with van der Waals surface area (Å²) in [5.74, 6) is -0.129. The van der Waals surface area contributed by atoms with Crippen LogP contribution in [0.15, 0.2) is 48.7 Å². The first kappa shape index (κ1) is 17.8. The lowest BCUT2D eigenvalue weighted by atomic mass is 10.2. The van der Waals surface area contributed by atoms with Crippen LogP contribution in [-0.2, 0) is 11.3 Å². The first-order chi connectivity index (χ1) is 13.1. The van der Waals surface area contributed by atoms with Gasteiger partial charge in [-0.1, -0.05) is 29.8 Å². The summed E-state index contributed by atoms with van der Waals surface area (Å²) < 4.78 is 15.7. The first-order valence-corrected chi connectivity index (χ1v) is 9.38. The Hall–Kier alpha value is -2.60. The van der Waals surface area contributed by atoms with Gasteiger partial charge in [-0.25, -0.2) is 4.39 Å². The number of para-hydroxylation sites is 1. The summed E-state index contributed by atoms with van der Waals surface area (Å²) >= 11 is 6.17. The zero-order chi connectivity index (χ0) is 18.8. The molecule has 1 saturated heterocycles. The van der Waals surface area contributed by atoms with Crippen LogP contribution in [0, 0.1) is 5.82 Å². The predicted molar refractivity (Wildman–Crippen MR) is 105 cm³/mol. The molecule has 0 saturated carbocycles. The van der Waals surface area contributed by atoms with Crippen molar-refractivity contribution >= 4 is 34.1 Å². The van der Waals surface area contributed by atoms with Gasteiger partial charge in [0.2, 0.25) is 5.91 Å². The zero-order valence-corrected chi connectivity index (χ0v) is 15.6. The van der Waals surface area contributed by atoms with E-state index in [1.165, 1.54) is 6.07 Å². The van der Waals surface area contributed by atoms with Crippen molar-refractivity contribution in [3.63, 3.8) is 0 Å². The van der Waals surface area contributed by atoms with Crippen LogP contribution in [0.5, 0.6) is 0 Å². The second-order valence-electron chi connectivity index (χ2n) is 6.61. The van der Waals surface area contributed by atoms with Crippen molar-refractivity contribution in [3.8, 4) is 0 Å². The van der Waals surface area contributed by atoms with E-state index in [4.69, 9.17) is 11.6 Å². The molecule has 4 rings (SSSR count). The molecular weight excluding hydrogens is 367 g/mol. The fourth-order valence-corrected chi connectivity index (χ4v) is 3.73. The average molecular weight is 387 g/mol. The molecule has 140 valence electrons. The molecule has 2 heterocycles. The predicted octanol–water partition coefficient (Wildman–Crippen LogP) is 3.57. The van der Waals surface area contributed by atoms with E-state index in [1.807, 2.05) is 38.7 Å². The Kier molecular flexibility index (Phi) is 4.99. The Morgan fingerprint density at radius 2 is 1.85 bits per heavy atom. The highest BCUT2D eigenvalue weighted by Gasteiger charge is 2.22. The van der Waals surface area contributed by atoms with Crippen LogP contribution >= 0.6 is 11.6 Å². The third-order valence-corrected chi connectivity index (χ3v) is 5.33. The number of carbonyl (C=O) groups is 1. The monoisotopic (exact) mass is 386 g/mol. The number of anilines is 1. The minimum Gasteiger partial charge on any atom is -0.366 e. The first-order valence-electron chi connectivity index (χ1n) is 9.01. The molecule has 0 bridgehead atoms. The van der Waals surface area contributed by atoms with Gasteiger partial charge >= 0.3 is 0 Å². The molecule has 2 aromatic carbocycles. The number of benzene rings is 2. The summed E-state index contributed by atoms with van der Waals surface area (Å²) in [6.07, 6.45) is 2.11. The van der Waals surface area contributed by atoms with Gasteiger partial charge in [-0.15, -0.1) is 0 Å². The summed E-state index contributed by atoms with van der Waals surface area (Å²) in [6.45, 7) is 2.97. The zero-order valence-electron chi connectivity index (χ0n) is 14.8. The summed E-state index contributed by atoms with van der Waals surface area (Å²) in [5.41, 5.74) is 1.53. The van der Waals surface area contributed by atoms with Crippen molar-refractivity contribution in [2.75, 3.05) is 31.1 Å². The van der Waals surface area contributed by atoms with Crippen molar-refractivity contribution < 1.29 is 9.18 Å². The number of hydrogen-bond acceptors (Lipinski definition) is 3.